The molecule has 2 amide bonds. The Hall–Kier alpha value is -1.23. The molecule has 26 heavy (non-hydrogen) atoms. The molecule has 1 aliphatic heterocycles. The molecule has 1 saturated heterocycles. The van der Waals surface area contributed by atoms with E-state index in [9.17, 15) is 4.79 Å². The monoisotopic (exact) mass is 424 g/mol. The molecule has 5 heteroatoms. The predicted octanol–water partition coefficient (Wildman–Crippen LogP) is 5.49. The normalized spacial score (nSPS) is 20.8. The molecule has 1 aromatic rings. The molecule has 146 valence electrons. The lowest BCUT2D eigenvalue weighted by molar-refractivity contribution is 0.123. The molecule has 2 unspecified atom stereocenters. The van der Waals surface area contributed by atoms with E-state index in [1.54, 1.807) is 0 Å². The van der Waals surface area contributed by atoms with Crippen molar-refractivity contribution >= 4 is 22.0 Å². The minimum atomic E-state index is 0.0559. The highest BCUT2D eigenvalue weighted by atomic mass is 79.9. The van der Waals surface area contributed by atoms with Crippen molar-refractivity contribution in [1.82, 2.24) is 10.2 Å². The smallest absolute Gasteiger partial charge is 0.317 e. The van der Waals surface area contributed by atoms with Gasteiger partial charge in [-0.05, 0) is 78.6 Å². The zero-order chi connectivity index (χ0) is 19.3. The topological polar surface area (TPSA) is 41.6 Å². The lowest BCUT2D eigenvalue weighted by Gasteiger charge is -2.38. The maximum Gasteiger partial charge on any atom is 0.317 e. The summed E-state index contributed by atoms with van der Waals surface area (Å²) in [6.45, 7) is 12.1. The first kappa shape index (κ1) is 21.1. The number of carbonyl (C=O) groups is 1. The van der Waals surface area contributed by atoms with Gasteiger partial charge in [0.1, 0.15) is 5.75 Å². The van der Waals surface area contributed by atoms with Gasteiger partial charge in [-0.15, -0.1) is 0 Å². The lowest BCUT2D eigenvalue weighted by Crippen LogP contribution is -2.52. The number of benzene rings is 1. The third-order valence-electron chi connectivity index (χ3n) is 5.08. The summed E-state index contributed by atoms with van der Waals surface area (Å²) in [5.74, 6) is 0.850. The summed E-state index contributed by atoms with van der Waals surface area (Å²) < 4.78 is 6.84. The number of ether oxygens (including phenoxy) is 1. The van der Waals surface area contributed by atoms with Crippen LogP contribution in [0, 0.1) is 0 Å². The molecule has 0 radical (unpaired) electrons. The first-order valence-corrected chi connectivity index (χ1v) is 10.5. The van der Waals surface area contributed by atoms with Crippen molar-refractivity contribution in [2.24, 2.45) is 0 Å². The van der Waals surface area contributed by atoms with Crippen LogP contribution in [-0.4, -0.2) is 36.2 Å². The summed E-state index contributed by atoms with van der Waals surface area (Å²) in [5.41, 5.74) is 1.39. The van der Waals surface area contributed by atoms with Gasteiger partial charge in [0, 0.05) is 18.6 Å². The lowest BCUT2D eigenvalue weighted by atomic mass is 9.87. The number of carbonyl (C=O) groups excluding carboxylic acids is 1. The second-order valence-electron chi connectivity index (χ2n) is 8.37. The molecule has 0 saturated carbocycles. The molecule has 0 spiro atoms. The predicted molar refractivity (Wildman–Crippen MR) is 111 cm³/mol. The minimum absolute atomic E-state index is 0.0559. The van der Waals surface area contributed by atoms with E-state index in [0.29, 0.717) is 25.2 Å². The van der Waals surface area contributed by atoms with Gasteiger partial charge in [0.2, 0.25) is 0 Å². The second kappa shape index (κ2) is 9.12. The van der Waals surface area contributed by atoms with Crippen LogP contribution in [0.3, 0.4) is 0 Å². The van der Waals surface area contributed by atoms with Crippen LogP contribution in [0.1, 0.15) is 65.9 Å². The van der Waals surface area contributed by atoms with Crippen LogP contribution in [0.4, 0.5) is 4.79 Å². The SMILES string of the molecule is CC1CCCC(C)N1C(=O)NCCCOc1ccc(C(C)(C)C)cc1Br. The van der Waals surface area contributed by atoms with Crippen LogP contribution in [0.15, 0.2) is 22.7 Å². The van der Waals surface area contributed by atoms with E-state index >= 15 is 0 Å². The van der Waals surface area contributed by atoms with E-state index in [-0.39, 0.29) is 11.4 Å². The molecular formula is C21H33BrN2O2. The number of piperidine rings is 1. The Morgan fingerprint density at radius 2 is 1.92 bits per heavy atom. The van der Waals surface area contributed by atoms with Gasteiger partial charge in [0.05, 0.1) is 11.1 Å². The van der Waals surface area contributed by atoms with Crippen LogP contribution >= 0.6 is 15.9 Å². The third kappa shape index (κ3) is 5.63. The quantitative estimate of drug-likeness (QED) is 0.634. The molecule has 1 aliphatic rings. The molecule has 2 rings (SSSR count). The molecule has 0 bridgehead atoms. The fourth-order valence-electron chi connectivity index (χ4n) is 3.45. The van der Waals surface area contributed by atoms with Crippen LogP contribution < -0.4 is 10.1 Å². The molecule has 1 N–H and O–H groups in total. The summed E-state index contributed by atoms with van der Waals surface area (Å²) in [6.07, 6.45) is 4.19. The highest BCUT2D eigenvalue weighted by molar-refractivity contribution is 9.10. The number of hydrogen-bond acceptors (Lipinski definition) is 2. The number of nitrogens with one attached hydrogen (secondary N) is 1. The zero-order valence-corrected chi connectivity index (χ0v) is 18.4. The summed E-state index contributed by atoms with van der Waals surface area (Å²) in [6, 6.07) is 6.96. The first-order valence-electron chi connectivity index (χ1n) is 9.69. The van der Waals surface area contributed by atoms with Crippen molar-refractivity contribution < 1.29 is 9.53 Å². The highest BCUT2D eigenvalue weighted by Crippen LogP contribution is 2.31. The van der Waals surface area contributed by atoms with Crippen molar-refractivity contribution in [2.45, 2.75) is 77.8 Å². The summed E-state index contributed by atoms with van der Waals surface area (Å²) in [7, 11) is 0. The molecule has 1 fully saturated rings. The molecule has 0 aliphatic carbocycles. The Morgan fingerprint density at radius 3 is 2.50 bits per heavy atom. The Labute approximate surface area is 166 Å². The molecule has 2 atom stereocenters. The molecule has 4 nitrogen and oxygen atoms in total. The van der Waals surface area contributed by atoms with Crippen LogP contribution in [-0.2, 0) is 5.41 Å². The van der Waals surface area contributed by atoms with Gasteiger partial charge in [-0.3, -0.25) is 0 Å². The summed E-state index contributed by atoms with van der Waals surface area (Å²) in [4.78, 5) is 14.4. The van der Waals surface area contributed by atoms with Crippen LogP contribution in [0.2, 0.25) is 0 Å². The van der Waals surface area contributed by atoms with E-state index in [0.717, 1.165) is 29.5 Å². The number of hydrogen-bond donors (Lipinski definition) is 1. The molecule has 1 heterocycles. The van der Waals surface area contributed by atoms with Crippen molar-refractivity contribution in [3.05, 3.63) is 28.2 Å². The fourth-order valence-corrected chi connectivity index (χ4v) is 3.94. The average Bonchev–Trinajstić information content (AvgIpc) is 2.54. The van der Waals surface area contributed by atoms with Gasteiger partial charge >= 0.3 is 6.03 Å². The van der Waals surface area contributed by atoms with E-state index in [1.807, 2.05) is 11.0 Å². The van der Waals surface area contributed by atoms with Crippen LogP contribution in [0.25, 0.3) is 0 Å². The van der Waals surface area contributed by atoms with E-state index in [4.69, 9.17) is 4.74 Å². The van der Waals surface area contributed by atoms with E-state index < -0.39 is 0 Å². The first-order chi connectivity index (χ1) is 12.2. The molecule has 0 aromatic heterocycles. The second-order valence-corrected chi connectivity index (χ2v) is 9.22. The Morgan fingerprint density at radius 1 is 1.27 bits per heavy atom. The molecule has 1 aromatic carbocycles. The zero-order valence-electron chi connectivity index (χ0n) is 16.8. The average molecular weight is 425 g/mol. The Bertz CT molecular complexity index is 603. The van der Waals surface area contributed by atoms with Gasteiger partial charge in [0.15, 0.2) is 0 Å². The number of rotatable bonds is 5. The van der Waals surface area contributed by atoms with Gasteiger partial charge in [-0.2, -0.15) is 0 Å². The van der Waals surface area contributed by atoms with Gasteiger partial charge < -0.3 is 15.0 Å². The Kier molecular flexibility index (Phi) is 7.39. The van der Waals surface area contributed by atoms with Gasteiger partial charge in [-0.25, -0.2) is 4.79 Å². The number of likely N-dealkylation sites (tertiary alicyclic amines) is 1. The maximum absolute atomic E-state index is 12.4. The standard InChI is InChI=1S/C21H33BrN2O2/c1-15-8-6-9-16(2)24(15)20(25)23-12-7-13-26-19-11-10-17(14-18(19)22)21(3,4)5/h10-11,14-16H,6-9,12-13H2,1-5H3,(H,23,25). The van der Waals surface area contributed by atoms with Gasteiger partial charge in [0.25, 0.3) is 0 Å². The number of urea groups is 1. The van der Waals surface area contributed by atoms with E-state index in [1.165, 1.54) is 12.0 Å². The Balaban J connectivity index is 1.74. The molecular weight excluding hydrogens is 392 g/mol. The summed E-state index contributed by atoms with van der Waals surface area (Å²) in [5, 5.41) is 3.04. The van der Waals surface area contributed by atoms with Crippen molar-refractivity contribution in [2.75, 3.05) is 13.2 Å². The summed E-state index contributed by atoms with van der Waals surface area (Å²) >= 11 is 3.60. The number of amides is 2. The van der Waals surface area contributed by atoms with Gasteiger partial charge in [-0.1, -0.05) is 26.8 Å². The largest absolute Gasteiger partial charge is 0.492 e. The minimum Gasteiger partial charge on any atom is -0.492 e. The van der Waals surface area contributed by atoms with Crippen molar-refractivity contribution in [3.8, 4) is 5.75 Å². The number of halogens is 1. The van der Waals surface area contributed by atoms with Crippen LogP contribution in [0.5, 0.6) is 5.75 Å². The third-order valence-corrected chi connectivity index (χ3v) is 5.70. The highest BCUT2D eigenvalue weighted by Gasteiger charge is 2.28. The maximum atomic E-state index is 12.4. The fraction of sp³-hybridized carbons (Fsp3) is 0.667. The van der Waals surface area contributed by atoms with Crippen molar-refractivity contribution in [1.29, 1.82) is 0 Å². The van der Waals surface area contributed by atoms with E-state index in [2.05, 4.69) is 68.0 Å². The number of nitrogens with zero attached hydrogens (tertiary/aromatic N) is 1. The van der Waals surface area contributed by atoms with Crippen molar-refractivity contribution in [3.63, 3.8) is 0 Å².